The van der Waals surface area contributed by atoms with Gasteiger partial charge in [-0.15, -0.1) is 0 Å². The Morgan fingerprint density at radius 3 is 1.93 bits per heavy atom. The van der Waals surface area contributed by atoms with Crippen LogP contribution in [0.25, 0.3) is 0 Å². The Balaban J connectivity index is 1.44. The normalized spacial score (nSPS) is 18.3. The van der Waals surface area contributed by atoms with Gasteiger partial charge in [0.15, 0.2) is 0 Å². The molecule has 1 aliphatic carbocycles. The van der Waals surface area contributed by atoms with Crippen molar-refractivity contribution in [1.29, 1.82) is 0 Å². The standard InChI is InChI=1S/C22H21Cl2FN2O2/c23-17-12-15(13-18(24)14-17)20(28)26-8-10-27(11-9-26)21(29)22(6-1-7-22)16-2-4-19(25)5-3-16/h2-5,12-14H,1,6-11H2. The molecule has 1 saturated heterocycles. The number of rotatable bonds is 3. The molecule has 0 unspecified atom stereocenters. The summed E-state index contributed by atoms with van der Waals surface area (Å²) in [5, 5.41) is 0.835. The first-order valence-corrected chi connectivity index (χ1v) is 10.5. The van der Waals surface area contributed by atoms with E-state index in [0.29, 0.717) is 41.8 Å². The van der Waals surface area contributed by atoms with Gasteiger partial charge in [0.2, 0.25) is 5.91 Å². The van der Waals surface area contributed by atoms with Crippen LogP contribution in [-0.2, 0) is 10.2 Å². The molecule has 0 spiro atoms. The molecule has 29 heavy (non-hydrogen) atoms. The van der Waals surface area contributed by atoms with Gasteiger partial charge >= 0.3 is 0 Å². The van der Waals surface area contributed by atoms with E-state index in [4.69, 9.17) is 23.2 Å². The second-order valence-electron chi connectivity index (χ2n) is 7.69. The first-order chi connectivity index (χ1) is 13.9. The topological polar surface area (TPSA) is 40.6 Å². The van der Waals surface area contributed by atoms with E-state index in [-0.39, 0.29) is 17.6 Å². The van der Waals surface area contributed by atoms with Gasteiger partial charge in [0.05, 0.1) is 5.41 Å². The zero-order valence-electron chi connectivity index (χ0n) is 15.8. The van der Waals surface area contributed by atoms with Crippen molar-refractivity contribution in [3.05, 3.63) is 69.5 Å². The van der Waals surface area contributed by atoms with Gasteiger partial charge in [-0.1, -0.05) is 41.8 Å². The molecule has 2 amide bonds. The molecule has 2 aromatic rings. The molecule has 0 aromatic heterocycles. The Bertz CT molecular complexity index is 916. The highest BCUT2D eigenvalue weighted by atomic mass is 35.5. The monoisotopic (exact) mass is 434 g/mol. The van der Waals surface area contributed by atoms with Crippen molar-refractivity contribution in [2.75, 3.05) is 26.2 Å². The number of hydrogen-bond acceptors (Lipinski definition) is 2. The van der Waals surface area contributed by atoms with E-state index in [1.807, 2.05) is 4.90 Å². The maximum absolute atomic E-state index is 13.3. The van der Waals surface area contributed by atoms with Gasteiger partial charge in [-0.05, 0) is 48.7 Å². The van der Waals surface area contributed by atoms with E-state index >= 15 is 0 Å². The highest BCUT2D eigenvalue weighted by molar-refractivity contribution is 6.35. The van der Waals surface area contributed by atoms with Crippen LogP contribution in [0.4, 0.5) is 4.39 Å². The van der Waals surface area contributed by atoms with Gasteiger partial charge in [-0.2, -0.15) is 0 Å². The van der Waals surface area contributed by atoms with Crippen LogP contribution < -0.4 is 0 Å². The van der Waals surface area contributed by atoms with Crippen LogP contribution >= 0.6 is 23.2 Å². The largest absolute Gasteiger partial charge is 0.338 e. The molecule has 2 aromatic carbocycles. The fourth-order valence-electron chi connectivity index (χ4n) is 4.20. The zero-order chi connectivity index (χ0) is 20.6. The SMILES string of the molecule is O=C(c1cc(Cl)cc(Cl)c1)N1CCN(C(=O)C2(c3ccc(F)cc3)CCC2)CC1. The minimum Gasteiger partial charge on any atom is -0.338 e. The Kier molecular flexibility index (Phi) is 5.54. The van der Waals surface area contributed by atoms with Gasteiger partial charge in [0.1, 0.15) is 5.82 Å². The lowest BCUT2D eigenvalue weighted by molar-refractivity contribution is -0.142. The van der Waals surface area contributed by atoms with E-state index in [9.17, 15) is 14.0 Å². The summed E-state index contributed by atoms with van der Waals surface area (Å²) < 4.78 is 13.3. The van der Waals surface area contributed by atoms with Crippen molar-refractivity contribution >= 4 is 35.0 Å². The first-order valence-electron chi connectivity index (χ1n) is 9.70. The first kappa shape index (κ1) is 20.2. The van der Waals surface area contributed by atoms with Crippen molar-refractivity contribution < 1.29 is 14.0 Å². The molecular weight excluding hydrogens is 414 g/mol. The summed E-state index contributed by atoms with van der Waals surface area (Å²) in [4.78, 5) is 29.6. The Labute approximate surface area is 179 Å². The van der Waals surface area contributed by atoms with Gasteiger partial charge < -0.3 is 9.80 Å². The lowest BCUT2D eigenvalue weighted by atomic mass is 9.63. The molecule has 1 aliphatic heterocycles. The van der Waals surface area contributed by atoms with Gasteiger partial charge in [-0.3, -0.25) is 9.59 Å². The summed E-state index contributed by atoms with van der Waals surface area (Å²) in [5.74, 6) is -0.365. The number of carbonyl (C=O) groups is 2. The third kappa shape index (κ3) is 3.86. The summed E-state index contributed by atoms with van der Waals surface area (Å²) in [6.45, 7) is 1.85. The number of carbonyl (C=O) groups excluding carboxylic acids is 2. The van der Waals surface area contributed by atoms with Crippen LogP contribution in [0.5, 0.6) is 0 Å². The highest BCUT2D eigenvalue weighted by Crippen LogP contribution is 2.45. The highest BCUT2D eigenvalue weighted by Gasteiger charge is 2.48. The summed E-state index contributed by atoms with van der Waals surface area (Å²) in [6, 6.07) is 11.1. The number of hydrogen-bond donors (Lipinski definition) is 0. The van der Waals surface area contributed by atoms with E-state index in [2.05, 4.69) is 0 Å². The molecule has 4 rings (SSSR count). The summed E-state index contributed by atoms with van der Waals surface area (Å²) >= 11 is 12.0. The molecule has 0 bridgehead atoms. The number of piperazine rings is 1. The fourth-order valence-corrected chi connectivity index (χ4v) is 4.73. The van der Waals surface area contributed by atoms with Crippen LogP contribution in [0.3, 0.4) is 0 Å². The molecule has 152 valence electrons. The van der Waals surface area contributed by atoms with Gasteiger partial charge in [0, 0.05) is 41.8 Å². The second-order valence-corrected chi connectivity index (χ2v) is 8.56. The van der Waals surface area contributed by atoms with Crippen molar-refractivity contribution in [2.45, 2.75) is 24.7 Å². The lowest BCUT2D eigenvalue weighted by Gasteiger charge is -2.46. The third-order valence-corrected chi connectivity index (χ3v) is 6.41. The molecule has 2 fully saturated rings. The number of amides is 2. The number of halogens is 3. The lowest BCUT2D eigenvalue weighted by Crippen LogP contribution is -2.57. The summed E-state index contributed by atoms with van der Waals surface area (Å²) in [7, 11) is 0. The predicted octanol–water partition coefficient (Wildman–Crippen LogP) is 4.54. The molecule has 0 radical (unpaired) electrons. The van der Waals surface area contributed by atoms with Crippen LogP contribution in [-0.4, -0.2) is 47.8 Å². The molecule has 1 heterocycles. The Morgan fingerprint density at radius 2 is 1.41 bits per heavy atom. The van der Waals surface area contributed by atoms with Crippen LogP contribution in [0.1, 0.15) is 35.2 Å². The molecule has 1 saturated carbocycles. The smallest absolute Gasteiger partial charge is 0.254 e. The van der Waals surface area contributed by atoms with E-state index in [1.165, 1.54) is 12.1 Å². The molecule has 0 atom stereocenters. The van der Waals surface area contributed by atoms with E-state index in [1.54, 1.807) is 35.2 Å². The molecule has 4 nitrogen and oxygen atoms in total. The average molecular weight is 435 g/mol. The quantitative estimate of drug-likeness (QED) is 0.711. The summed E-state index contributed by atoms with van der Waals surface area (Å²) in [6.07, 6.45) is 2.53. The minimum atomic E-state index is -0.555. The van der Waals surface area contributed by atoms with Crippen LogP contribution in [0.15, 0.2) is 42.5 Å². The van der Waals surface area contributed by atoms with E-state index < -0.39 is 5.41 Å². The number of benzene rings is 2. The Hall–Kier alpha value is -2.11. The molecule has 0 N–H and O–H groups in total. The fraction of sp³-hybridized carbons (Fsp3) is 0.364. The third-order valence-electron chi connectivity index (χ3n) is 5.98. The van der Waals surface area contributed by atoms with Crippen LogP contribution in [0, 0.1) is 5.82 Å². The maximum atomic E-state index is 13.3. The molecular formula is C22H21Cl2FN2O2. The maximum Gasteiger partial charge on any atom is 0.254 e. The minimum absolute atomic E-state index is 0.0771. The van der Waals surface area contributed by atoms with Gasteiger partial charge in [-0.25, -0.2) is 4.39 Å². The average Bonchev–Trinajstić information content (AvgIpc) is 2.67. The zero-order valence-corrected chi connectivity index (χ0v) is 17.3. The van der Waals surface area contributed by atoms with Crippen molar-refractivity contribution in [2.24, 2.45) is 0 Å². The summed E-state index contributed by atoms with van der Waals surface area (Å²) in [5.41, 5.74) is 0.770. The van der Waals surface area contributed by atoms with E-state index in [0.717, 1.165) is 24.8 Å². The predicted molar refractivity (Wildman–Crippen MR) is 111 cm³/mol. The van der Waals surface area contributed by atoms with Crippen molar-refractivity contribution in [3.8, 4) is 0 Å². The molecule has 2 aliphatic rings. The molecule has 7 heteroatoms. The number of nitrogens with zero attached hydrogens (tertiary/aromatic N) is 2. The van der Waals surface area contributed by atoms with Crippen LogP contribution in [0.2, 0.25) is 10.0 Å². The Morgan fingerprint density at radius 1 is 0.862 bits per heavy atom. The van der Waals surface area contributed by atoms with Crippen molar-refractivity contribution in [1.82, 2.24) is 9.80 Å². The second kappa shape index (κ2) is 7.96. The van der Waals surface area contributed by atoms with Crippen molar-refractivity contribution in [3.63, 3.8) is 0 Å². The van der Waals surface area contributed by atoms with Gasteiger partial charge in [0.25, 0.3) is 5.91 Å².